The van der Waals surface area contributed by atoms with Crippen LogP contribution in [0.4, 0.5) is 0 Å². The Morgan fingerprint density at radius 2 is 1.13 bits per heavy atom. The number of para-hydroxylation sites is 2. The van der Waals surface area contributed by atoms with E-state index in [0.717, 1.165) is 38.5 Å². The van der Waals surface area contributed by atoms with Gasteiger partial charge in [-0.25, -0.2) is 9.97 Å². The molecule has 0 aliphatic heterocycles. The van der Waals surface area contributed by atoms with E-state index >= 15 is 0 Å². The summed E-state index contributed by atoms with van der Waals surface area (Å²) < 4.78 is 7.42. The van der Waals surface area contributed by atoms with Gasteiger partial charge in [0.2, 0.25) is 0 Å². The largest absolute Gasteiger partial charge is 0.309 e. The average Bonchev–Trinajstić information content (AvgIpc) is 3.78. The molecule has 210 valence electrons. The van der Waals surface area contributed by atoms with E-state index in [2.05, 4.69) is 138 Å². The molecule has 10 aromatic rings. The number of aromatic nitrogens is 3. The third-order valence-electron chi connectivity index (χ3n) is 8.83. The van der Waals surface area contributed by atoms with Crippen LogP contribution < -0.4 is 0 Å². The summed E-state index contributed by atoms with van der Waals surface area (Å²) in [5.41, 5.74) is 7.57. The monoisotopic (exact) mass is 609 g/mol. The van der Waals surface area contributed by atoms with Crippen molar-refractivity contribution in [3.63, 3.8) is 0 Å². The zero-order valence-electron chi connectivity index (χ0n) is 23.9. The SMILES string of the molecule is c1ccc(-c2nc(-c3ccccc3-n3c4ccccc4c4c5sc6ccccc6c5ccc43)c3sc4ccccc4c3n2)cc1. The van der Waals surface area contributed by atoms with Gasteiger partial charge in [0.05, 0.1) is 32.6 Å². The molecule has 0 aliphatic carbocycles. The molecular weight excluding hydrogens is 587 g/mol. The topological polar surface area (TPSA) is 30.7 Å². The van der Waals surface area contributed by atoms with Gasteiger partial charge < -0.3 is 4.57 Å². The maximum Gasteiger partial charge on any atom is 0.160 e. The number of benzene rings is 6. The Morgan fingerprint density at radius 3 is 2.00 bits per heavy atom. The van der Waals surface area contributed by atoms with Crippen molar-refractivity contribution in [2.75, 3.05) is 0 Å². The van der Waals surface area contributed by atoms with Crippen molar-refractivity contribution >= 4 is 85.0 Å². The van der Waals surface area contributed by atoms with Crippen molar-refractivity contribution in [3.05, 3.63) is 140 Å². The molecule has 4 aromatic heterocycles. The molecule has 0 amide bonds. The molecule has 4 heterocycles. The Kier molecular flexibility index (Phi) is 5.32. The number of hydrogen-bond donors (Lipinski definition) is 0. The molecule has 10 rings (SSSR count). The van der Waals surface area contributed by atoms with E-state index < -0.39 is 0 Å². The maximum absolute atomic E-state index is 5.33. The second-order valence-corrected chi connectivity index (χ2v) is 13.4. The number of nitrogens with zero attached hydrogens (tertiary/aromatic N) is 3. The van der Waals surface area contributed by atoms with Crippen molar-refractivity contribution < 1.29 is 0 Å². The molecule has 45 heavy (non-hydrogen) atoms. The normalized spacial score (nSPS) is 12.0. The fourth-order valence-electron chi connectivity index (χ4n) is 6.85. The highest BCUT2D eigenvalue weighted by Gasteiger charge is 2.22. The van der Waals surface area contributed by atoms with Crippen molar-refractivity contribution in [1.82, 2.24) is 14.5 Å². The first kappa shape index (κ1) is 25.0. The predicted molar refractivity (Wildman–Crippen MR) is 193 cm³/mol. The highest BCUT2D eigenvalue weighted by Crippen LogP contribution is 2.45. The molecule has 0 atom stereocenters. The molecule has 0 unspecified atom stereocenters. The molecular formula is C40H23N3S2. The molecule has 0 N–H and O–H groups in total. The Labute approximate surface area is 266 Å². The molecule has 3 nitrogen and oxygen atoms in total. The van der Waals surface area contributed by atoms with Crippen molar-refractivity contribution in [1.29, 1.82) is 0 Å². The smallest absolute Gasteiger partial charge is 0.160 e. The van der Waals surface area contributed by atoms with E-state index in [1.807, 2.05) is 17.4 Å². The van der Waals surface area contributed by atoms with Crippen LogP contribution in [-0.4, -0.2) is 14.5 Å². The summed E-state index contributed by atoms with van der Waals surface area (Å²) >= 11 is 3.66. The van der Waals surface area contributed by atoms with E-state index in [9.17, 15) is 0 Å². The predicted octanol–water partition coefficient (Wildman–Crippen LogP) is 11.6. The molecule has 0 radical (unpaired) electrons. The number of hydrogen-bond acceptors (Lipinski definition) is 4. The first-order valence-electron chi connectivity index (χ1n) is 15.0. The van der Waals surface area contributed by atoms with Gasteiger partial charge >= 0.3 is 0 Å². The first-order chi connectivity index (χ1) is 22.3. The summed E-state index contributed by atoms with van der Waals surface area (Å²) in [6.07, 6.45) is 0. The van der Waals surface area contributed by atoms with Crippen LogP contribution >= 0.6 is 22.7 Å². The van der Waals surface area contributed by atoms with E-state index in [1.165, 1.54) is 52.1 Å². The second-order valence-electron chi connectivity index (χ2n) is 11.3. The fraction of sp³-hybridized carbons (Fsp3) is 0. The van der Waals surface area contributed by atoms with Crippen LogP contribution in [0.3, 0.4) is 0 Å². The Bertz CT molecular complexity index is 2770. The van der Waals surface area contributed by atoms with Gasteiger partial charge in [-0.3, -0.25) is 0 Å². The summed E-state index contributed by atoms with van der Waals surface area (Å²) in [5, 5.41) is 6.37. The van der Waals surface area contributed by atoms with Crippen LogP contribution in [0, 0.1) is 0 Å². The van der Waals surface area contributed by atoms with E-state index in [0.29, 0.717) is 0 Å². The van der Waals surface area contributed by atoms with Crippen molar-refractivity contribution in [3.8, 4) is 28.3 Å². The lowest BCUT2D eigenvalue weighted by molar-refractivity contribution is 1.17. The Hall–Kier alpha value is -5.36. The average molecular weight is 610 g/mol. The minimum atomic E-state index is 0.741. The van der Waals surface area contributed by atoms with Gasteiger partial charge in [0, 0.05) is 52.2 Å². The maximum atomic E-state index is 5.33. The third-order valence-corrected chi connectivity index (χ3v) is 11.2. The van der Waals surface area contributed by atoms with Gasteiger partial charge in [-0.15, -0.1) is 22.7 Å². The minimum Gasteiger partial charge on any atom is -0.309 e. The van der Waals surface area contributed by atoms with E-state index in [-0.39, 0.29) is 0 Å². The van der Waals surface area contributed by atoms with Crippen LogP contribution in [0.1, 0.15) is 0 Å². The highest BCUT2D eigenvalue weighted by molar-refractivity contribution is 7.27. The molecule has 6 aromatic carbocycles. The molecule has 0 spiro atoms. The molecule has 0 saturated heterocycles. The van der Waals surface area contributed by atoms with E-state index in [4.69, 9.17) is 9.97 Å². The van der Waals surface area contributed by atoms with Crippen molar-refractivity contribution in [2.45, 2.75) is 0 Å². The lowest BCUT2D eigenvalue weighted by Crippen LogP contribution is -2.00. The number of rotatable bonds is 3. The molecule has 0 bridgehead atoms. The molecule has 0 fully saturated rings. The number of thiophene rings is 2. The zero-order chi connectivity index (χ0) is 29.5. The second kappa shape index (κ2) is 9.57. The van der Waals surface area contributed by atoms with Crippen LogP contribution in [0.25, 0.3) is 90.6 Å². The Balaban J connectivity index is 1.33. The van der Waals surface area contributed by atoms with Gasteiger partial charge in [-0.05, 0) is 30.3 Å². The van der Waals surface area contributed by atoms with Gasteiger partial charge in [0.15, 0.2) is 5.82 Å². The van der Waals surface area contributed by atoms with Gasteiger partial charge in [0.1, 0.15) is 0 Å². The van der Waals surface area contributed by atoms with Crippen LogP contribution in [0.5, 0.6) is 0 Å². The summed E-state index contributed by atoms with van der Waals surface area (Å²) in [7, 11) is 0. The Morgan fingerprint density at radius 1 is 0.467 bits per heavy atom. The highest BCUT2D eigenvalue weighted by atomic mass is 32.1. The van der Waals surface area contributed by atoms with Gasteiger partial charge in [-0.2, -0.15) is 0 Å². The number of fused-ring (bicyclic) bond motifs is 10. The quantitative estimate of drug-likeness (QED) is 0.199. The third kappa shape index (κ3) is 3.62. The van der Waals surface area contributed by atoms with Crippen molar-refractivity contribution in [2.24, 2.45) is 0 Å². The first-order valence-corrected chi connectivity index (χ1v) is 16.6. The minimum absolute atomic E-state index is 0.741. The van der Waals surface area contributed by atoms with Crippen LogP contribution in [0.2, 0.25) is 0 Å². The summed E-state index contributed by atoms with van der Waals surface area (Å²) in [6.45, 7) is 0. The standard InChI is InChI=1S/C40H23N3S2/c1-2-12-24(13-3-1)40-41-36(39-37(42-40)29-17-7-11-21-34(29)45-39)28-16-5-9-19-31(28)43-30-18-8-4-15-27(30)35-32(43)23-22-26-25-14-6-10-20-33(25)44-38(26)35/h1-23H. The fourth-order valence-corrected chi connectivity index (χ4v) is 9.26. The van der Waals surface area contributed by atoms with Gasteiger partial charge in [-0.1, -0.05) is 109 Å². The van der Waals surface area contributed by atoms with Gasteiger partial charge in [0.25, 0.3) is 0 Å². The lowest BCUT2D eigenvalue weighted by atomic mass is 10.1. The summed E-state index contributed by atoms with van der Waals surface area (Å²) in [5.74, 6) is 0.741. The van der Waals surface area contributed by atoms with Crippen LogP contribution in [-0.2, 0) is 0 Å². The van der Waals surface area contributed by atoms with Crippen LogP contribution in [0.15, 0.2) is 140 Å². The summed E-state index contributed by atoms with van der Waals surface area (Å²) in [4.78, 5) is 10.5. The zero-order valence-corrected chi connectivity index (χ0v) is 25.6. The lowest BCUT2D eigenvalue weighted by Gasteiger charge is -2.15. The summed E-state index contributed by atoms with van der Waals surface area (Å²) in [6, 6.07) is 49.8. The molecule has 0 aliphatic rings. The molecule has 0 saturated carbocycles. The molecule has 5 heteroatoms. The van der Waals surface area contributed by atoms with E-state index in [1.54, 1.807) is 11.3 Å².